The van der Waals surface area contributed by atoms with Crippen LogP contribution in [0.2, 0.25) is 0 Å². The Morgan fingerprint density at radius 2 is 1.67 bits per heavy atom. The summed E-state index contributed by atoms with van der Waals surface area (Å²) in [6.45, 7) is 6.25. The van der Waals surface area contributed by atoms with Crippen molar-refractivity contribution in [3.8, 4) is 6.07 Å². The van der Waals surface area contributed by atoms with E-state index in [0.29, 0.717) is 0 Å². The lowest BCUT2D eigenvalue weighted by molar-refractivity contribution is 0.423. The number of nitrogens with zero attached hydrogens (tertiary/aromatic N) is 1. The number of hydrogen-bond acceptors (Lipinski definition) is 1. The van der Waals surface area contributed by atoms with Crippen molar-refractivity contribution in [3.05, 3.63) is 35.4 Å². The van der Waals surface area contributed by atoms with Crippen LogP contribution >= 0.6 is 0 Å². The summed E-state index contributed by atoms with van der Waals surface area (Å²) in [5, 5.41) is 9.10. The van der Waals surface area contributed by atoms with E-state index in [1.54, 1.807) is 0 Å². The molecule has 0 heterocycles. The summed E-state index contributed by atoms with van der Waals surface area (Å²) in [4.78, 5) is 0. The van der Waals surface area contributed by atoms with Gasteiger partial charge in [0.05, 0.1) is 11.5 Å². The second-order valence-corrected chi connectivity index (χ2v) is 4.37. The summed E-state index contributed by atoms with van der Waals surface area (Å²) in [5.74, 6) is 0. The molecule has 0 saturated heterocycles. The molecule has 1 aromatic carbocycles. The van der Waals surface area contributed by atoms with Crippen LogP contribution in [0.25, 0.3) is 0 Å². The van der Waals surface area contributed by atoms with Crippen LogP contribution in [0.15, 0.2) is 24.3 Å². The smallest absolute Gasteiger partial charge is 0.0690 e. The third kappa shape index (κ3) is 3.09. The number of rotatable bonds is 4. The minimum absolute atomic E-state index is 0.215. The van der Waals surface area contributed by atoms with Crippen LogP contribution in [-0.4, -0.2) is 0 Å². The van der Waals surface area contributed by atoms with Crippen molar-refractivity contribution in [2.75, 3.05) is 0 Å². The Hall–Kier alpha value is -1.29. The summed E-state index contributed by atoms with van der Waals surface area (Å²) in [5.41, 5.74) is 2.40. The molecule has 1 atom stereocenters. The highest BCUT2D eigenvalue weighted by Gasteiger charge is 2.21. The summed E-state index contributed by atoms with van der Waals surface area (Å²) < 4.78 is 0. The van der Waals surface area contributed by atoms with Crippen LogP contribution in [-0.2, 0) is 12.8 Å². The Labute approximate surface area is 92.7 Å². The highest BCUT2D eigenvalue weighted by Crippen LogP contribution is 2.25. The Morgan fingerprint density at radius 3 is 2.07 bits per heavy atom. The number of nitriles is 1. The molecule has 1 unspecified atom stereocenters. The van der Waals surface area contributed by atoms with Crippen molar-refractivity contribution in [1.29, 1.82) is 5.26 Å². The lowest BCUT2D eigenvalue weighted by Crippen LogP contribution is -2.15. The fraction of sp³-hybridized carbons (Fsp3) is 0.500. The molecule has 0 fully saturated rings. The van der Waals surface area contributed by atoms with E-state index in [1.807, 2.05) is 6.92 Å². The number of benzene rings is 1. The van der Waals surface area contributed by atoms with Crippen LogP contribution in [0.3, 0.4) is 0 Å². The molecule has 80 valence electrons. The molecule has 0 radical (unpaired) electrons. The second kappa shape index (κ2) is 4.98. The van der Waals surface area contributed by atoms with Crippen LogP contribution in [0.4, 0.5) is 0 Å². The molecule has 0 bridgehead atoms. The average Bonchev–Trinajstić information content (AvgIpc) is 2.30. The van der Waals surface area contributed by atoms with Crippen molar-refractivity contribution in [2.24, 2.45) is 5.41 Å². The van der Waals surface area contributed by atoms with Gasteiger partial charge in [-0.25, -0.2) is 0 Å². The van der Waals surface area contributed by atoms with E-state index in [0.717, 1.165) is 19.3 Å². The van der Waals surface area contributed by atoms with Gasteiger partial charge in [-0.2, -0.15) is 5.26 Å². The van der Waals surface area contributed by atoms with Crippen molar-refractivity contribution in [2.45, 2.75) is 40.0 Å². The topological polar surface area (TPSA) is 23.8 Å². The molecule has 1 rings (SSSR count). The van der Waals surface area contributed by atoms with Gasteiger partial charge in [-0.3, -0.25) is 0 Å². The molecule has 1 nitrogen and oxygen atoms in total. The van der Waals surface area contributed by atoms with Gasteiger partial charge in [-0.15, -0.1) is 0 Å². The van der Waals surface area contributed by atoms with E-state index >= 15 is 0 Å². The van der Waals surface area contributed by atoms with E-state index in [4.69, 9.17) is 5.26 Å². The molecule has 1 aromatic rings. The first-order valence-electron chi connectivity index (χ1n) is 5.62. The fourth-order valence-corrected chi connectivity index (χ4v) is 1.59. The normalized spacial score (nSPS) is 14.3. The molecular formula is C14H19N. The molecule has 0 aliphatic carbocycles. The van der Waals surface area contributed by atoms with Crippen molar-refractivity contribution in [1.82, 2.24) is 0 Å². The first kappa shape index (κ1) is 11.8. The van der Waals surface area contributed by atoms with Crippen molar-refractivity contribution in [3.63, 3.8) is 0 Å². The van der Waals surface area contributed by atoms with Gasteiger partial charge in [0.1, 0.15) is 0 Å². The molecule has 0 aromatic heterocycles. The Kier molecular flexibility index (Phi) is 3.91. The minimum Gasteiger partial charge on any atom is -0.198 e. The van der Waals surface area contributed by atoms with Gasteiger partial charge >= 0.3 is 0 Å². The fourth-order valence-electron chi connectivity index (χ4n) is 1.59. The Bertz CT molecular complexity index is 345. The maximum absolute atomic E-state index is 9.10. The maximum atomic E-state index is 9.10. The van der Waals surface area contributed by atoms with Gasteiger partial charge in [-0.1, -0.05) is 38.1 Å². The first-order valence-corrected chi connectivity index (χ1v) is 5.62. The van der Waals surface area contributed by atoms with Gasteiger partial charge < -0.3 is 0 Å². The third-order valence-electron chi connectivity index (χ3n) is 3.08. The molecular weight excluding hydrogens is 182 g/mol. The average molecular weight is 201 g/mol. The van der Waals surface area contributed by atoms with Crippen LogP contribution < -0.4 is 0 Å². The molecule has 15 heavy (non-hydrogen) atoms. The lowest BCUT2D eigenvalue weighted by atomic mass is 9.82. The largest absolute Gasteiger partial charge is 0.198 e. The SMILES string of the molecule is CCc1ccc(CC(C)(C#N)CC)cc1. The van der Waals surface area contributed by atoms with Crippen LogP contribution in [0, 0.1) is 16.7 Å². The predicted octanol–water partition coefficient (Wildman–Crippen LogP) is 3.73. The summed E-state index contributed by atoms with van der Waals surface area (Å²) >= 11 is 0. The van der Waals surface area contributed by atoms with Crippen molar-refractivity contribution >= 4 is 0 Å². The van der Waals surface area contributed by atoms with Gasteiger partial charge in [0.15, 0.2) is 0 Å². The van der Waals surface area contributed by atoms with E-state index in [9.17, 15) is 0 Å². The molecule has 1 heteroatoms. The summed E-state index contributed by atoms with van der Waals surface area (Å²) in [7, 11) is 0. The highest BCUT2D eigenvalue weighted by molar-refractivity contribution is 5.24. The highest BCUT2D eigenvalue weighted by atomic mass is 14.3. The van der Waals surface area contributed by atoms with Gasteiger partial charge in [0.25, 0.3) is 0 Å². The van der Waals surface area contributed by atoms with Gasteiger partial charge in [0, 0.05) is 0 Å². The van der Waals surface area contributed by atoms with Crippen molar-refractivity contribution < 1.29 is 0 Å². The zero-order valence-electron chi connectivity index (χ0n) is 9.88. The predicted molar refractivity (Wildman–Crippen MR) is 63.5 cm³/mol. The molecule has 0 aliphatic rings. The Morgan fingerprint density at radius 1 is 1.13 bits per heavy atom. The van der Waals surface area contributed by atoms with Crippen LogP contribution in [0.5, 0.6) is 0 Å². The molecule has 0 amide bonds. The summed E-state index contributed by atoms with van der Waals surface area (Å²) in [6, 6.07) is 11.0. The van der Waals surface area contributed by atoms with Gasteiger partial charge in [-0.05, 0) is 37.3 Å². The standard InChI is InChI=1S/C14H19N/c1-4-12-6-8-13(9-7-12)10-14(3,5-2)11-15/h6-9H,4-5,10H2,1-3H3. The summed E-state index contributed by atoms with van der Waals surface area (Å²) in [6.07, 6.45) is 2.83. The van der Waals surface area contributed by atoms with E-state index < -0.39 is 0 Å². The number of hydrogen-bond donors (Lipinski definition) is 0. The quantitative estimate of drug-likeness (QED) is 0.728. The maximum Gasteiger partial charge on any atom is 0.0690 e. The van der Waals surface area contributed by atoms with E-state index in [1.165, 1.54) is 11.1 Å². The molecule has 0 spiro atoms. The monoisotopic (exact) mass is 201 g/mol. The number of aryl methyl sites for hydroxylation is 1. The van der Waals surface area contributed by atoms with E-state index in [2.05, 4.69) is 44.2 Å². The Balaban J connectivity index is 2.77. The first-order chi connectivity index (χ1) is 7.13. The molecule has 0 saturated carbocycles. The van der Waals surface area contributed by atoms with E-state index in [-0.39, 0.29) is 5.41 Å². The molecule has 0 aliphatic heterocycles. The zero-order valence-corrected chi connectivity index (χ0v) is 9.88. The minimum atomic E-state index is -0.215. The molecule has 0 N–H and O–H groups in total. The van der Waals surface area contributed by atoms with Crippen LogP contribution in [0.1, 0.15) is 38.3 Å². The third-order valence-corrected chi connectivity index (χ3v) is 3.08. The van der Waals surface area contributed by atoms with Gasteiger partial charge in [0.2, 0.25) is 0 Å². The second-order valence-electron chi connectivity index (χ2n) is 4.37. The lowest BCUT2D eigenvalue weighted by Gasteiger charge is -2.19. The zero-order chi connectivity index (χ0) is 11.3.